The molecule has 0 radical (unpaired) electrons. The summed E-state index contributed by atoms with van der Waals surface area (Å²) >= 11 is 0. The minimum atomic E-state index is 0.707. The zero-order valence-electron chi connectivity index (χ0n) is 32.6. The lowest BCUT2D eigenvalue weighted by Gasteiger charge is -2.13. The number of rotatable bonds is 6. The highest BCUT2D eigenvalue weighted by molar-refractivity contribution is 6.28. The highest BCUT2D eigenvalue weighted by Crippen LogP contribution is 2.47. The first-order valence-corrected chi connectivity index (χ1v) is 20.7. The van der Waals surface area contributed by atoms with E-state index in [0.717, 1.165) is 66.4 Å². The number of hydrogen-bond acceptors (Lipinski definition) is 2. The molecule has 0 aliphatic carbocycles. The molecule has 0 aliphatic heterocycles. The van der Waals surface area contributed by atoms with E-state index in [2.05, 4.69) is 203 Å². The average Bonchev–Trinajstić information content (AvgIpc) is 4.06. The summed E-state index contributed by atoms with van der Waals surface area (Å²) in [5.74, 6) is 0. The molecular formula is C56H36N2O2. The maximum absolute atomic E-state index is 7.17. The topological polar surface area (TPSA) is 36.1 Å². The van der Waals surface area contributed by atoms with Crippen molar-refractivity contribution in [2.75, 3.05) is 0 Å². The molecule has 0 amide bonds. The van der Waals surface area contributed by atoms with Crippen LogP contribution in [0.25, 0.3) is 98.9 Å². The molecular weight excluding hydrogens is 733 g/mol. The molecule has 0 atom stereocenters. The third-order valence-corrected chi connectivity index (χ3v) is 12.6. The first-order valence-electron chi connectivity index (χ1n) is 20.7. The fourth-order valence-electron chi connectivity index (χ4n) is 10.0. The predicted octanol–water partition coefficient (Wildman–Crippen LogP) is 14.9. The molecule has 282 valence electrons. The van der Waals surface area contributed by atoms with Gasteiger partial charge in [-0.05, 0) is 71.8 Å². The van der Waals surface area contributed by atoms with E-state index in [1.165, 1.54) is 54.7 Å². The lowest BCUT2D eigenvalue weighted by molar-refractivity contribution is 0.654. The Labute approximate surface area is 344 Å². The monoisotopic (exact) mass is 768 g/mol. The van der Waals surface area contributed by atoms with Crippen LogP contribution in [0.4, 0.5) is 0 Å². The van der Waals surface area contributed by atoms with Crippen molar-refractivity contribution in [1.82, 2.24) is 9.13 Å². The third-order valence-electron chi connectivity index (χ3n) is 12.6. The van der Waals surface area contributed by atoms with E-state index in [1.807, 2.05) is 0 Å². The van der Waals surface area contributed by atoms with Crippen molar-refractivity contribution < 1.29 is 8.83 Å². The summed E-state index contributed by atoms with van der Waals surface area (Å²) in [5, 5.41) is 9.26. The van der Waals surface area contributed by atoms with Gasteiger partial charge in [0.05, 0.1) is 22.1 Å². The molecule has 4 nitrogen and oxygen atoms in total. The molecule has 4 heteroatoms. The molecule has 0 saturated carbocycles. The molecule has 4 aromatic heterocycles. The second-order valence-corrected chi connectivity index (χ2v) is 16.0. The first kappa shape index (κ1) is 33.2. The lowest BCUT2D eigenvalue weighted by atomic mass is 9.90. The number of aromatic nitrogens is 2. The van der Waals surface area contributed by atoms with Crippen LogP contribution in [0.15, 0.2) is 203 Å². The van der Waals surface area contributed by atoms with E-state index in [0.29, 0.717) is 12.8 Å². The number of hydrogen-bond donors (Lipinski definition) is 0. The summed E-state index contributed by atoms with van der Waals surface area (Å²) < 4.78 is 19.1. The van der Waals surface area contributed by atoms with Crippen LogP contribution in [-0.4, -0.2) is 9.13 Å². The Balaban J connectivity index is 1.17. The summed E-state index contributed by atoms with van der Waals surface area (Å²) in [6.07, 6.45) is 1.41. The smallest absolute Gasteiger partial charge is 0.140 e. The average molecular weight is 769 g/mol. The molecule has 0 saturated heterocycles. The van der Waals surface area contributed by atoms with Crippen molar-refractivity contribution in [3.63, 3.8) is 0 Å². The predicted molar refractivity (Wildman–Crippen MR) is 248 cm³/mol. The van der Waals surface area contributed by atoms with Gasteiger partial charge in [0.25, 0.3) is 0 Å². The molecule has 0 N–H and O–H groups in total. The standard InChI is InChI=1S/C56H36N2O2/c1-3-15-35(16-4-1)31-43-44(32-36-17-5-2-6-18-36)56-54(46-34-38(28-30-52(46)60-56)58-49-25-13-9-21-41(49)42-22-10-14-26-50(42)58)53-45-33-37(27-29-51(45)59-55(43)53)57-47-23-11-7-19-39(47)40-20-8-12-24-48(40)57/h1-30,33-34H,31-32H2. The van der Waals surface area contributed by atoms with Gasteiger partial charge in [-0.15, -0.1) is 0 Å². The normalized spacial score (nSPS) is 12.1. The third kappa shape index (κ3) is 4.85. The fourth-order valence-corrected chi connectivity index (χ4v) is 10.0. The molecule has 4 heterocycles. The molecule has 0 fully saturated rings. The van der Waals surface area contributed by atoms with Gasteiger partial charge in [-0.25, -0.2) is 0 Å². The number of benzene rings is 9. The zero-order chi connectivity index (χ0) is 39.3. The quantitative estimate of drug-likeness (QED) is 0.169. The summed E-state index contributed by atoms with van der Waals surface area (Å²) in [6.45, 7) is 0. The van der Waals surface area contributed by atoms with Crippen LogP contribution in [-0.2, 0) is 12.8 Å². The van der Waals surface area contributed by atoms with Crippen LogP contribution < -0.4 is 0 Å². The number of fused-ring (bicyclic) bond motifs is 13. The van der Waals surface area contributed by atoms with E-state index in [4.69, 9.17) is 8.83 Å². The van der Waals surface area contributed by atoms with Gasteiger partial charge in [-0.2, -0.15) is 0 Å². The Morgan fingerprint density at radius 2 is 0.650 bits per heavy atom. The molecule has 9 aromatic carbocycles. The Bertz CT molecular complexity index is 3470. The molecule has 0 aliphatic rings. The van der Waals surface area contributed by atoms with Crippen molar-refractivity contribution >= 4 is 87.5 Å². The van der Waals surface area contributed by atoms with Crippen LogP contribution in [0.5, 0.6) is 0 Å². The fraction of sp³-hybridized carbons (Fsp3) is 0.0357. The molecule has 60 heavy (non-hydrogen) atoms. The van der Waals surface area contributed by atoms with Crippen molar-refractivity contribution in [3.8, 4) is 11.4 Å². The minimum Gasteiger partial charge on any atom is -0.456 e. The first-order chi connectivity index (χ1) is 29.8. The molecule has 0 spiro atoms. The highest BCUT2D eigenvalue weighted by atomic mass is 16.3. The largest absolute Gasteiger partial charge is 0.456 e. The van der Waals surface area contributed by atoms with Gasteiger partial charge in [0.15, 0.2) is 0 Å². The molecule has 0 bridgehead atoms. The Kier molecular flexibility index (Phi) is 7.10. The van der Waals surface area contributed by atoms with E-state index in [-0.39, 0.29) is 0 Å². The van der Waals surface area contributed by atoms with E-state index in [9.17, 15) is 0 Å². The summed E-state index contributed by atoms with van der Waals surface area (Å²) in [6, 6.07) is 69.7. The second kappa shape index (κ2) is 12.8. The van der Waals surface area contributed by atoms with Crippen molar-refractivity contribution in [1.29, 1.82) is 0 Å². The Morgan fingerprint density at radius 1 is 0.317 bits per heavy atom. The van der Waals surface area contributed by atoms with Crippen molar-refractivity contribution in [2.24, 2.45) is 0 Å². The van der Waals surface area contributed by atoms with Crippen LogP contribution in [0.2, 0.25) is 0 Å². The summed E-state index contributed by atoms with van der Waals surface area (Å²) in [7, 11) is 0. The van der Waals surface area contributed by atoms with Crippen LogP contribution in [0.3, 0.4) is 0 Å². The molecule has 13 rings (SSSR count). The van der Waals surface area contributed by atoms with Gasteiger partial charge < -0.3 is 18.0 Å². The highest BCUT2D eigenvalue weighted by Gasteiger charge is 2.26. The Morgan fingerprint density at radius 3 is 1.02 bits per heavy atom. The van der Waals surface area contributed by atoms with E-state index < -0.39 is 0 Å². The van der Waals surface area contributed by atoms with Gasteiger partial charge in [-0.1, -0.05) is 133 Å². The molecule has 0 unspecified atom stereocenters. The van der Waals surface area contributed by atoms with Crippen LogP contribution in [0, 0.1) is 0 Å². The van der Waals surface area contributed by atoms with Gasteiger partial charge in [0.2, 0.25) is 0 Å². The Hall–Kier alpha value is -7.82. The van der Waals surface area contributed by atoms with Gasteiger partial charge >= 0.3 is 0 Å². The number of para-hydroxylation sites is 4. The SMILES string of the molecule is c1ccc(Cc2c(Cc3ccccc3)c3oc4ccc(-n5c6ccccc6c6ccccc65)cc4c3c3c2oc2ccc(-n4c5ccccc5c5ccccc54)cc23)cc1. The van der Waals surface area contributed by atoms with Crippen LogP contribution >= 0.6 is 0 Å². The second-order valence-electron chi connectivity index (χ2n) is 16.0. The number of furan rings is 2. The van der Waals surface area contributed by atoms with Crippen molar-refractivity contribution in [3.05, 3.63) is 216 Å². The van der Waals surface area contributed by atoms with E-state index in [1.54, 1.807) is 0 Å². The lowest BCUT2D eigenvalue weighted by Crippen LogP contribution is -1.99. The molecule has 13 aromatic rings. The van der Waals surface area contributed by atoms with E-state index >= 15 is 0 Å². The van der Waals surface area contributed by atoms with Crippen molar-refractivity contribution in [2.45, 2.75) is 12.8 Å². The summed E-state index contributed by atoms with van der Waals surface area (Å²) in [4.78, 5) is 0. The number of nitrogens with zero attached hydrogens (tertiary/aromatic N) is 2. The minimum absolute atomic E-state index is 0.707. The summed E-state index contributed by atoms with van der Waals surface area (Å²) in [5.41, 5.74) is 15.2. The zero-order valence-corrected chi connectivity index (χ0v) is 32.6. The van der Waals surface area contributed by atoms with Crippen LogP contribution in [0.1, 0.15) is 22.3 Å². The van der Waals surface area contributed by atoms with Gasteiger partial charge in [-0.3, -0.25) is 0 Å². The van der Waals surface area contributed by atoms with Gasteiger partial charge in [0, 0.05) is 78.4 Å². The maximum atomic E-state index is 7.17. The maximum Gasteiger partial charge on any atom is 0.140 e. The van der Waals surface area contributed by atoms with Gasteiger partial charge in [0.1, 0.15) is 22.3 Å².